The number of carbonyl (C=O) groups excluding carboxylic acids is 2. The van der Waals surface area contributed by atoms with Gasteiger partial charge in [0.15, 0.2) is 0 Å². The van der Waals surface area contributed by atoms with E-state index in [0.717, 1.165) is 16.0 Å². The molecular weight excluding hydrogens is 368 g/mol. The average Bonchev–Trinajstić information content (AvgIpc) is 3.28. The summed E-state index contributed by atoms with van der Waals surface area (Å²) in [6.07, 6.45) is 0. The Labute approximate surface area is 168 Å². The standard InChI is InChI=1S/C22H22N4O3/c1-14(2)15-9-11-17(12-10-15)22(3)20(27)26(21(28)24-22)13-18-23-19(25-29-18)16-7-5-4-6-8-16/h4-12,14H,13H2,1-3H3,(H,24,28)/t22-/m1/s1. The molecule has 2 heterocycles. The molecule has 1 saturated heterocycles. The first-order chi connectivity index (χ1) is 13.9. The van der Waals surface area contributed by atoms with Crippen LogP contribution in [0.3, 0.4) is 0 Å². The van der Waals surface area contributed by atoms with E-state index in [4.69, 9.17) is 4.52 Å². The van der Waals surface area contributed by atoms with E-state index < -0.39 is 11.6 Å². The molecule has 3 amide bonds. The predicted octanol–water partition coefficient (Wildman–Crippen LogP) is 3.83. The smallest absolute Gasteiger partial charge is 0.325 e. The van der Waals surface area contributed by atoms with Gasteiger partial charge in [0.2, 0.25) is 11.7 Å². The van der Waals surface area contributed by atoms with Crippen molar-refractivity contribution in [2.24, 2.45) is 0 Å². The van der Waals surface area contributed by atoms with Crippen LogP contribution >= 0.6 is 0 Å². The molecule has 29 heavy (non-hydrogen) atoms. The van der Waals surface area contributed by atoms with Gasteiger partial charge in [-0.05, 0) is 24.0 Å². The van der Waals surface area contributed by atoms with Gasteiger partial charge in [-0.2, -0.15) is 4.98 Å². The number of amides is 3. The highest BCUT2D eigenvalue weighted by molar-refractivity contribution is 6.07. The maximum absolute atomic E-state index is 13.1. The van der Waals surface area contributed by atoms with Crippen molar-refractivity contribution >= 4 is 11.9 Å². The van der Waals surface area contributed by atoms with Crippen LogP contribution < -0.4 is 5.32 Å². The quantitative estimate of drug-likeness (QED) is 0.669. The molecule has 3 aromatic rings. The largest absolute Gasteiger partial charge is 0.337 e. The molecule has 2 aromatic carbocycles. The number of carbonyl (C=O) groups is 2. The summed E-state index contributed by atoms with van der Waals surface area (Å²) in [7, 11) is 0. The molecule has 1 atom stereocenters. The summed E-state index contributed by atoms with van der Waals surface area (Å²) in [6.45, 7) is 5.84. The molecule has 0 saturated carbocycles. The van der Waals surface area contributed by atoms with Crippen LogP contribution in [0.1, 0.15) is 43.7 Å². The number of nitrogens with zero attached hydrogens (tertiary/aromatic N) is 3. The highest BCUT2D eigenvalue weighted by Crippen LogP contribution is 2.31. The molecule has 4 rings (SSSR count). The fourth-order valence-corrected chi connectivity index (χ4v) is 3.40. The first-order valence-corrected chi connectivity index (χ1v) is 9.51. The van der Waals surface area contributed by atoms with Gasteiger partial charge >= 0.3 is 6.03 Å². The minimum absolute atomic E-state index is 0.0792. The summed E-state index contributed by atoms with van der Waals surface area (Å²) in [5.74, 6) is 0.657. The lowest BCUT2D eigenvalue weighted by atomic mass is 9.90. The van der Waals surface area contributed by atoms with Gasteiger partial charge in [-0.25, -0.2) is 4.79 Å². The van der Waals surface area contributed by atoms with Crippen molar-refractivity contribution < 1.29 is 14.1 Å². The molecule has 1 aromatic heterocycles. The fourth-order valence-electron chi connectivity index (χ4n) is 3.40. The molecule has 1 N–H and O–H groups in total. The lowest BCUT2D eigenvalue weighted by molar-refractivity contribution is -0.131. The Balaban J connectivity index is 1.55. The Bertz CT molecular complexity index is 1040. The summed E-state index contributed by atoms with van der Waals surface area (Å²) in [5.41, 5.74) is 1.58. The van der Waals surface area contributed by atoms with Gasteiger partial charge < -0.3 is 9.84 Å². The molecule has 0 spiro atoms. The third-order valence-corrected chi connectivity index (χ3v) is 5.22. The van der Waals surface area contributed by atoms with E-state index in [2.05, 4.69) is 29.3 Å². The Hall–Kier alpha value is -3.48. The first-order valence-electron chi connectivity index (χ1n) is 9.51. The summed E-state index contributed by atoms with van der Waals surface area (Å²) in [5, 5.41) is 6.74. The van der Waals surface area contributed by atoms with E-state index in [1.165, 1.54) is 5.56 Å². The van der Waals surface area contributed by atoms with Crippen molar-refractivity contribution in [1.29, 1.82) is 0 Å². The highest BCUT2D eigenvalue weighted by atomic mass is 16.5. The van der Waals surface area contributed by atoms with Gasteiger partial charge in [-0.3, -0.25) is 9.69 Å². The number of aromatic nitrogens is 2. The summed E-state index contributed by atoms with van der Waals surface area (Å²) in [4.78, 5) is 31.0. The third kappa shape index (κ3) is 3.40. The van der Waals surface area contributed by atoms with E-state index in [-0.39, 0.29) is 18.3 Å². The Morgan fingerprint density at radius 2 is 1.76 bits per heavy atom. The number of hydrogen-bond donors (Lipinski definition) is 1. The molecule has 1 fully saturated rings. The monoisotopic (exact) mass is 390 g/mol. The molecule has 148 valence electrons. The number of imide groups is 1. The number of urea groups is 1. The molecule has 0 bridgehead atoms. The van der Waals surface area contributed by atoms with Crippen molar-refractivity contribution in [2.45, 2.75) is 38.8 Å². The van der Waals surface area contributed by atoms with E-state index in [9.17, 15) is 9.59 Å². The molecule has 7 heteroatoms. The second kappa shape index (κ2) is 7.16. The number of rotatable bonds is 5. The zero-order valence-corrected chi connectivity index (χ0v) is 16.5. The highest BCUT2D eigenvalue weighted by Gasteiger charge is 2.49. The Morgan fingerprint density at radius 1 is 1.07 bits per heavy atom. The maximum atomic E-state index is 13.1. The number of hydrogen-bond acceptors (Lipinski definition) is 5. The molecule has 1 aliphatic heterocycles. The van der Waals surface area contributed by atoms with Crippen LogP contribution in [-0.4, -0.2) is 27.0 Å². The van der Waals surface area contributed by atoms with Crippen molar-refractivity contribution in [1.82, 2.24) is 20.4 Å². The number of benzene rings is 2. The van der Waals surface area contributed by atoms with E-state index in [0.29, 0.717) is 11.7 Å². The molecular formula is C22H22N4O3. The predicted molar refractivity (Wildman–Crippen MR) is 107 cm³/mol. The van der Waals surface area contributed by atoms with Gasteiger partial charge in [0.05, 0.1) is 0 Å². The lowest BCUT2D eigenvalue weighted by Crippen LogP contribution is -2.40. The van der Waals surface area contributed by atoms with E-state index in [1.54, 1.807) is 6.92 Å². The van der Waals surface area contributed by atoms with Crippen molar-refractivity contribution in [3.63, 3.8) is 0 Å². The van der Waals surface area contributed by atoms with E-state index in [1.807, 2.05) is 54.6 Å². The second-order valence-electron chi connectivity index (χ2n) is 7.60. The van der Waals surface area contributed by atoms with Crippen LogP contribution in [0.2, 0.25) is 0 Å². The van der Waals surface area contributed by atoms with E-state index >= 15 is 0 Å². The van der Waals surface area contributed by atoms with Gasteiger partial charge in [0.25, 0.3) is 5.91 Å². The van der Waals surface area contributed by atoms with Gasteiger partial charge in [-0.15, -0.1) is 0 Å². The minimum atomic E-state index is -1.13. The van der Waals surface area contributed by atoms with Crippen LogP contribution in [0.4, 0.5) is 4.79 Å². The topological polar surface area (TPSA) is 88.3 Å². The van der Waals surface area contributed by atoms with Crippen LogP contribution in [0.25, 0.3) is 11.4 Å². The molecule has 0 radical (unpaired) electrons. The zero-order valence-electron chi connectivity index (χ0n) is 16.5. The van der Waals surface area contributed by atoms with Gasteiger partial charge in [0, 0.05) is 5.56 Å². The second-order valence-corrected chi connectivity index (χ2v) is 7.60. The maximum Gasteiger partial charge on any atom is 0.325 e. The molecule has 1 aliphatic rings. The molecule has 7 nitrogen and oxygen atoms in total. The number of nitrogens with one attached hydrogen (secondary N) is 1. The summed E-state index contributed by atoms with van der Waals surface area (Å²) < 4.78 is 5.26. The van der Waals surface area contributed by atoms with Gasteiger partial charge in [0.1, 0.15) is 12.1 Å². The van der Waals surface area contributed by atoms with Crippen LogP contribution in [0.5, 0.6) is 0 Å². The summed E-state index contributed by atoms with van der Waals surface area (Å²) >= 11 is 0. The molecule has 0 aliphatic carbocycles. The van der Waals surface area contributed by atoms with Crippen LogP contribution in [-0.2, 0) is 16.9 Å². The van der Waals surface area contributed by atoms with Gasteiger partial charge in [-0.1, -0.05) is 73.6 Å². The Kier molecular flexibility index (Phi) is 4.66. The minimum Gasteiger partial charge on any atom is -0.337 e. The zero-order chi connectivity index (χ0) is 20.6. The third-order valence-electron chi connectivity index (χ3n) is 5.22. The Morgan fingerprint density at radius 3 is 2.41 bits per heavy atom. The summed E-state index contributed by atoms with van der Waals surface area (Å²) in [6, 6.07) is 16.6. The first kappa shape index (κ1) is 18.9. The van der Waals surface area contributed by atoms with Crippen LogP contribution in [0, 0.1) is 0 Å². The van der Waals surface area contributed by atoms with Crippen molar-refractivity contribution in [3.05, 3.63) is 71.6 Å². The normalized spacial score (nSPS) is 19.1. The van der Waals surface area contributed by atoms with Crippen molar-refractivity contribution in [2.75, 3.05) is 0 Å². The van der Waals surface area contributed by atoms with Crippen molar-refractivity contribution in [3.8, 4) is 11.4 Å². The lowest BCUT2D eigenvalue weighted by Gasteiger charge is -2.22. The SMILES string of the molecule is CC(C)c1ccc([C@@]2(C)NC(=O)N(Cc3nc(-c4ccccc4)no3)C2=O)cc1. The molecule has 0 unspecified atom stereocenters. The fraction of sp³-hybridized carbons (Fsp3) is 0.273. The van der Waals surface area contributed by atoms with Crippen LogP contribution in [0.15, 0.2) is 59.1 Å². The average molecular weight is 390 g/mol.